The third-order valence-electron chi connectivity index (χ3n) is 2.13. The Morgan fingerprint density at radius 3 is 2.82 bits per heavy atom. The zero-order chi connectivity index (χ0) is 12.5. The fourth-order valence-corrected chi connectivity index (χ4v) is 2.34. The molecule has 0 radical (unpaired) electrons. The van der Waals surface area contributed by atoms with Crippen molar-refractivity contribution >= 4 is 17.6 Å². The van der Waals surface area contributed by atoms with Crippen LogP contribution in [0.3, 0.4) is 0 Å². The van der Waals surface area contributed by atoms with Gasteiger partial charge in [-0.3, -0.25) is 0 Å². The maximum Gasteiger partial charge on any atom is 0.157 e. The van der Waals surface area contributed by atoms with E-state index in [4.69, 9.17) is 4.74 Å². The number of unbranched alkanes of at least 4 members (excludes halogenated alkanes) is 1. The van der Waals surface area contributed by atoms with Gasteiger partial charge in [0.05, 0.1) is 0 Å². The largest absolute Gasteiger partial charge is 0.377 e. The number of ether oxygens (including phenoxy) is 1. The van der Waals surface area contributed by atoms with Crippen molar-refractivity contribution in [3.05, 3.63) is 11.9 Å². The van der Waals surface area contributed by atoms with Gasteiger partial charge in [0.2, 0.25) is 0 Å². The third-order valence-corrected chi connectivity index (χ3v) is 3.13. The van der Waals surface area contributed by atoms with Crippen molar-refractivity contribution in [3.8, 4) is 0 Å². The van der Waals surface area contributed by atoms with Crippen LogP contribution >= 0.6 is 11.8 Å². The number of aromatic nitrogens is 2. The maximum atomic E-state index is 5.08. The smallest absolute Gasteiger partial charge is 0.157 e. The molecule has 4 nitrogen and oxygen atoms in total. The van der Waals surface area contributed by atoms with Crippen molar-refractivity contribution in [1.82, 2.24) is 9.97 Å². The quantitative estimate of drug-likeness (QED) is 0.439. The third kappa shape index (κ3) is 5.37. The zero-order valence-corrected chi connectivity index (χ0v) is 11.6. The van der Waals surface area contributed by atoms with Crippen molar-refractivity contribution in [1.29, 1.82) is 0 Å². The summed E-state index contributed by atoms with van der Waals surface area (Å²) in [5.41, 5.74) is 0. The molecule has 0 atom stereocenters. The lowest BCUT2D eigenvalue weighted by atomic mass is 10.4. The lowest BCUT2D eigenvalue weighted by Crippen LogP contribution is -2.05. The van der Waals surface area contributed by atoms with Crippen molar-refractivity contribution in [2.24, 2.45) is 0 Å². The standard InChI is InChI=1S/C12H21N3OS/c1-4-6-7-17-12-8-10(13-5-2)14-11(15-12)9-16-3/h8H,4-7,9H2,1-3H3,(H,13,14,15). The average molecular weight is 255 g/mol. The monoisotopic (exact) mass is 255 g/mol. The molecule has 1 aromatic rings. The Bertz CT molecular complexity index is 309. The van der Waals surface area contributed by atoms with Crippen molar-refractivity contribution in [2.75, 3.05) is 24.7 Å². The van der Waals surface area contributed by atoms with E-state index in [1.807, 2.05) is 6.07 Å². The van der Waals surface area contributed by atoms with Gasteiger partial charge in [0, 0.05) is 19.7 Å². The van der Waals surface area contributed by atoms with Crippen LogP contribution < -0.4 is 5.32 Å². The second kappa shape index (κ2) is 8.31. The Kier molecular flexibility index (Phi) is 6.96. The molecule has 0 fully saturated rings. The van der Waals surface area contributed by atoms with Crippen LogP contribution in [0.1, 0.15) is 32.5 Å². The van der Waals surface area contributed by atoms with Gasteiger partial charge in [0.1, 0.15) is 17.5 Å². The van der Waals surface area contributed by atoms with Crippen molar-refractivity contribution < 1.29 is 4.74 Å². The molecule has 0 saturated heterocycles. The van der Waals surface area contributed by atoms with E-state index in [2.05, 4.69) is 29.1 Å². The van der Waals surface area contributed by atoms with E-state index in [9.17, 15) is 0 Å². The Morgan fingerprint density at radius 2 is 2.18 bits per heavy atom. The van der Waals surface area contributed by atoms with Crippen LogP contribution in [0.15, 0.2) is 11.1 Å². The molecule has 1 N–H and O–H groups in total. The van der Waals surface area contributed by atoms with E-state index >= 15 is 0 Å². The topological polar surface area (TPSA) is 47.0 Å². The SMILES string of the molecule is CCCCSc1cc(NCC)nc(COC)n1. The summed E-state index contributed by atoms with van der Waals surface area (Å²) in [6, 6.07) is 2.00. The fraction of sp³-hybridized carbons (Fsp3) is 0.667. The molecule has 0 aliphatic heterocycles. The first kappa shape index (κ1) is 14.3. The van der Waals surface area contributed by atoms with Gasteiger partial charge in [0.25, 0.3) is 0 Å². The molecule has 1 aromatic heterocycles. The zero-order valence-electron chi connectivity index (χ0n) is 10.8. The van der Waals surface area contributed by atoms with Crippen LogP contribution in [0.5, 0.6) is 0 Å². The molecule has 0 amide bonds. The summed E-state index contributed by atoms with van der Waals surface area (Å²) in [5.74, 6) is 2.73. The summed E-state index contributed by atoms with van der Waals surface area (Å²) in [4.78, 5) is 8.84. The Balaban J connectivity index is 2.72. The molecule has 0 unspecified atom stereocenters. The van der Waals surface area contributed by atoms with Crippen molar-refractivity contribution in [3.63, 3.8) is 0 Å². The highest BCUT2D eigenvalue weighted by molar-refractivity contribution is 7.99. The van der Waals surface area contributed by atoms with Crippen LogP contribution in [-0.4, -0.2) is 29.4 Å². The van der Waals surface area contributed by atoms with Crippen molar-refractivity contribution in [2.45, 2.75) is 38.3 Å². The minimum absolute atomic E-state index is 0.459. The molecule has 5 heteroatoms. The molecule has 0 aromatic carbocycles. The van der Waals surface area contributed by atoms with Gasteiger partial charge in [0.15, 0.2) is 5.82 Å². The van der Waals surface area contributed by atoms with E-state index in [0.717, 1.165) is 29.0 Å². The van der Waals surface area contributed by atoms with Gasteiger partial charge in [-0.15, -0.1) is 11.8 Å². The predicted molar refractivity (Wildman–Crippen MR) is 72.5 cm³/mol. The number of nitrogens with one attached hydrogen (secondary N) is 1. The summed E-state index contributed by atoms with van der Waals surface area (Å²) < 4.78 is 5.08. The maximum absolute atomic E-state index is 5.08. The van der Waals surface area contributed by atoms with Crippen LogP contribution in [0.4, 0.5) is 5.82 Å². The van der Waals surface area contributed by atoms with E-state index in [1.165, 1.54) is 12.8 Å². The highest BCUT2D eigenvalue weighted by Crippen LogP contribution is 2.20. The van der Waals surface area contributed by atoms with E-state index in [-0.39, 0.29) is 0 Å². The van der Waals surface area contributed by atoms with Gasteiger partial charge in [-0.05, 0) is 19.1 Å². The lowest BCUT2D eigenvalue weighted by molar-refractivity contribution is 0.177. The number of nitrogens with zero attached hydrogens (tertiary/aromatic N) is 2. The van der Waals surface area contributed by atoms with Crippen LogP contribution in [0.25, 0.3) is 0 Å². The second-order valence-electron chi connectivity index (χ2n) is 3.67. The van der Waals surface area contributed by atoms with E-state index < -0.39 is 0 Å². The molecule has 96 valence electrons. The summed E-state index contributed by atoms with van der Waals surface area (Å²) >= 11 is 1.78. The first-order valence-corrected chi connectivity index (χ1v) is 7.02. The normalized spacial score (nSPS) is 10.5. The lowest BCUT2D eigenvalue weighted by Gasteiger charge is -2.08. The molecule has 1 rings (SSSR count). The first-order chi connectivity index (χ1) is 8.30. The number of rotatable bonds is 8. The first-order valence-electron chi connectivity index (χ1n) is 6.03. The second-order valence-corrected chi connectivity index (χ2v) is 4.79. The Morgan fingerprint density at radius 1 is 1.35 bits per heavy atom. The highest BCUT2D eigenvalue weighted by Gasteiger charge is 2.04. The Hall–Kier alpha value is -0.810. The average Bonchev–Trinajstić information content (AvgIpc) is 2.30. The highest BCUT2D eigenvalue weighted by atomic mass is 32.2. The van der Waals surface area contributed by atoms with Gasteiger partial charge >= 0.3 is 0 Å². The van der Waals surface area contributed by atoms with E-state index in [0.29, 0.717) is 6.61 Å². The molecule has 0 saturated carbocycles. The van der Waals surface area contributed by atoms with Gasteiger partial charge in [-0.2, -0.15) is 0 Å². The van der Waals surface area contributed by atoms with E-state index in [1.54, 1.807) is 18.9 Å². The molecule has 0 aliphatic rings. The van der Waals surface area contributed by atoms with Gasteiger partial charge in [-0.25, -0.2) is 9.97 Å². The summed E-state index contributed by atoms with van der Waals surface area (Å²) in [6.07, 6.45) is 2.42. The number of hydrogen-bond donors (Lipinski definition) is 1. The van der Waals surface area contributed by atoms with Crippen LogP contribution in [-0.2, 0) is 11.3 Å². The minimum Gasteiger partial charge on any atom is -0.377 e. The molecular weight excluding hydrogens is 234 g/mol. The van der Waals surface area contributed by atoms with Crippen LogP contribution in [0.2, 0.25) is 0 Å². The predicted octanol–water partition coefficient (Wildman–Crippen LogP) is 2.95. The van der Waals surface area contributed by atoms with Crippen LogP contribution in [0, 0.1) is 0 Å². The van der Waals surface area contributed by atoms with Gasteiger partial charge < -0.3 is 10.1 Å². The summed E-state index contributed by atoms with van der Waals surface area (Å²) in [7, 11) is 1.66. The fourth-order valence-electron chi connectivity index (χ4n) is 1.33. The molecular formula is C12H21N3OS. The summed E-state index contributed by atoms with van der Waals surface area (Å²) in [6.45, 7) is 5.58. The number of methoxy groups -OCH3 is 1. The Labute approximate surface area is 108 Å². The molecule has 0 spiro atoms. The molecule has 0 aliphatic carbocycles. The molecule has 0 bridgehead atoms. The molecule has 1 heterocycles. The number of anilines is 1. The number of hydrogen-bond acceptors (Lipinski definition) is 5. The number of thioether (sulfide) groups is 1. The minimum atomic E-state index is 0.459. The summed E-state index contributed by atoms with van der Waals surface area (Å²) in [5, 5.41) is 4.24. The molecule has 17 heavy (non-hydrogen) atoms. The van der Waals surface area contributed by atoms with Gasteiger partial charge in [-0.1, -0.05) is 13.3 Å².